The molecule has 1 rings (SSSR count). The summed E-state index contributed by atoms with van der Waals surface area (Å²) in [4.78, 5) is 15.6. The molecular weight excluding hydrogens is 279 g/mol. The lowest BCUT2D eigenvalue weighted by molar-refractivity contribution is 0.0285. The lowest BCUT2D eigenvalue weighted by Gasteiger charge is -2.14. The molecule has 0 spiro atoms. The molecule has 0 saturated carbocycles. The van der Waals surface area contributed by atoms with E-state index >= 15 is 0 Å². The second-order valence-electron chi connectivity index (χ2n) is 3.52. The quantitative estimate of drug-likeness (QED) is 0.812. The van der Waals surface area contributed by atoms with Gasteiger partial charge < -0.3 is 14.8 Å². The van der Waals surface area contributed by atoms with Gasteiger partial charge in [-0.15, -0.1) is 0 Å². The van der Waals surface area contributed by atoms with Crippen LogP contribution in [-0.2, 0) is 9.47 Å². The summed E-state index contributed by atoms with van der Waals surface area (Å²) in [5, 5.41) is 3.10. The van der Waals surface area contributed by atoms with Gasteiger partial charge in [-0.05, 0) is 6.07 Å². The highest BCUT2D eigenvalue weighted by Gasteiger charge is 2.12. The summed E-state index contributed by atoms with van der Waals surface area (Å²) in [5.41, 5.74) is 0.344. The molecule has 1 aromatic heterocycles. The van der Waals surface area contributed by atoms with Crippen LogP contribution < -0.4 is 5.32 Å². The number of nitrogens with one attached hydrogen (secondary N) is 1. The predicted molar refractivity (Wildman–Crippen MR) is 69.3 cm³/mol. The number of hydrogen-bond acceptors (Lipinski definition) is 4. The molecule has 1 atom stereocenters. The molecule has 7 heteroatoms. The van der Waals surface area contributed by atoms with Gasteiger partial charge >= 0.3 is 0 Å². The molecule has 1 aromatic rings. The highest BCUT2D eigenvalue weighted by Crippen LogP contribution is 2.19. The number of aromatic nitrogens is 1. The van der Waals surface area contributed by atoms with Crippen LogP contribution >= 0.6 is 23.2 Å². The monoisotopic (exact) mass is 292 g/mol. The average Bonchev–Trinajstić information content (AvgIpc) is 2.37. The van der Waals surface area contributed by atoms with Gasteiger partial charge in [0.1, 0.15) is 5.15 Å². The Morgan fingerprint density at radius 2 is 2.22 bits per heavy atom. The normalized spacial score (nSPS) is 12.2. The van der Waals surface area contributed by atoms with E-state index in [1.807, 2.05) is 0 Å². The Morgan fingerprint density at radius 1 is 1.50 bits per heavy atom. The first-order valence-corrected chi connectivity index (χ1v) is 5.95. The number of hydrogen-bond donors (Lipinski definition) is 1. The Labute approximate surface area is 115 Å². The SMILES string of the molecule is COCC(CNC(=O)c1cnc(Cl)c(Cl)c1)OC. The third-order valence-electron chi connectivity index (χ3n) is 2.23. The van der Waals surface area contributed by atoms with Crippen LogP contribution in [-0.4, -0.2) is 44.4 Å². The average molecular weight is 293 g/mol. The first kappa shape index (κ1) is 15.2. The summed E-state index contributed by atoms with van der Waals surface area (Å²) in [7, 11) is 3.12. The molecule has 5 nitrogen and oxygen atoms in total. The van der Waals surface area contributed by atoms with Crippen LogP contribution in [0, 0.1) is 0 Å². The molecule has 0 aliphatic rings. The fraction of sp³-hybridized carbons (Fsp3) is 0.455. The van der Waals surface area contributed by atoms with Gasteiger partial charge in [-0.25, -0.2) is 4.98 Å². The van der Waals surface area contributed by atoms with Crippen molar-refractivity contribution in [2.75, 3.05) is 27.4 Å². The maximum absolute atomic E-state index is 11.8. The van der Waals surface area contributed by atoms with Crippen molar-refractivity contribution >= 4 is 29.1 Å². The minimum Gasteiger partial charge on any atom is -0.382 e. The highest BCUT2D eigenvalue weighted by atomic mass is 35.5. The number of rotatable bonds is 6. The minimum atomic E-state index is -0.292. The van der Waals surface area contributed by atoms with Crippen molar-refractivity contribution < 1.29 is 14.3 Å². The lowest BCUT2D eigenvalue weighted by atomic mass is 10.2. The van der Waals surface area contributed by atoms with Gasteiger partial charge in [-0.2, -0.15) is 0 Å². The van der Waals surface area contributed by atoms with Crippen LogP contribution in [0.5, 0.6) is 0 Å². The molecule has 0 aromatic carbocycles. The van der Waals surface area contributed by atoms with E-state index in [1.165, 1.54) is 12.3 Å². The predicted octanol–water partition coefficient (Wildman–Crippen LogP) is 1.78. The molecule has 0 aliphatic heterocycles. The van der Waals surface area contributed by atoms with Gasteiger partial charge in [-0.3, -0.25) is 4.79 Å². The van der Waals surface area contributed by atoms with E-state index in [9.17, 15) is 4.79 Å². The second-order valence-corrected chi connectivity index (χ2v) is 4.28. The molecule has 0 saturated heterocycles. The van der Waals surface area contributed by atoms with Crippen molar-refractivity contribution in [3.63, 3.8) is 0 Å². The zero-order chi connectivity index (χ0) is 13.5. The van der Waals surface area contributed by atoms with Gasteiger partial charge in [-0.1, -0.05) is 23.2 Å². The van der Waals surface area contributed by atoms with Gasteiger partial charge in [0.2, 0.25) is 0 Å². The number of carbonyl (C=O) groups excluding carboxylic acids is 1. The number of ether oxygens (including phenoxy) is 2. The zero-order valence-electron chi connectivity index (χ0n) is 10.1. The molecule has 0 bridgehead atoms. The third kappa shape index (κ3) is 4.42. The Morgan fingerprint density at radius 3 is 2.78 bits per heavy atom. The number of halogens is 2. The summed E-state index contributed by atoms with van der Waals surface area (Å²) < 4.78 is 10.1. The Kier molecular flexibility index (Phi) is 6.35. The van der Waals surface area contributed by atoms with Crippen LogP contribution in [0.1, 0.15) is 10.4 Å². The molecular formula is C11H14Cl2N2O3. The van der Waals surface area contributed by atoms with Crippen molar-refractivity contribution in [2.24, 2.45) is 0 Å². The van der Waals surface area contributed by atoms with E-state index < -0.39 is 0 Å². The summed E-state index contributed by atoms with van der Waals surface area (Å²) in [6.45, 7) is 0.736. The summed E-state index contributed by atoms with van der Waals surface area (Å²) >= 11 is 11.4. The molecule has 0 aliphatic carbocycles. The molecule has 1 unspecified atom stereocenters. The number of amides is 1. The molecule has 1 amide bonds. The molecule has 1 N–H and O–H groups in total. The first-order valence-electron chi connectivity index (χ1n) is 5.19. The Balaban J connectivity index is 2.57. The fourth-order valence-electron chi connectivity index (χ4n) is 1.25. The summed E-state index contributed by atoms with van der Waals surface area (Å²) in [6, 6.07) is 1.46. The van der Waals surface area contributed by atoms with Crippen LogP contribution in [0.4, 0.5) is 0 Å². The summed E-state index contributed by atoms with van der Waals surface area (Å²) in [5.74, 6) is -0.292. The van der Waals surface area contributed by atoms with E-state index in [4.69, 9.17) is 32.7 Å². The molecule has 100 valence electrons. The largest absolute Gasteiger partial charge is 0.382 e. The maximum Gasteiger partial charge on any atom is 0.252 e. The van der Waals surface area contributed by atoms with Crippen molar-refractivity contribution in [3.8, 4) is 0 Å². The van der Waals surface area contributed by atoms with Crippen LogP contribution in [0.25, 0.3) is 0 Å². The van der Waals surface area contributed by atoms with Gasteiger partial charge in [0.25, 0.3) is 5.91 Å². The standard InChI is InChI=1S/C11H14Cl2N2O3/c1-17-6-8(18-2)5-15-11(16)7-3-9(12)10(13)14-4-7/h3-4,8H,5-6H2,1-2H3,(H,15,16). The molecule has 0 radical (unpaired) electrons. The topological polar surface area (TPSA) is 60.5 Å². The zero-order valence-corrected chi connectivity index (χ0v) is 11.6. The van der Waals surface area contributed by atoms with Crippen molar-refractivity contribution in [1.82, 2.24) is 10.3 Å². The van der Waals surface area contributed by atoms with Crippen molar-refractivity contribution in [1.29, 1.82) is 0 Å². The third-order valence-corrected chi connectivity index (χ3v) is 2.92. The fourth-order valence-corrected chi connectivity index (χ4v) is 1.52. The van der Waals surface area contributed by atoms with Crippen LogP contribution in [0.3, 0.4) is 0 Å². The Hall–Kier alpha value is -0.880. The molecule has 1 heterocycles. The summed E-state index contributed by atoms with van der Waals surface area (Å²) in [6.07, 6.45) is 1.16. The number of pyridine rings is 1. The van der Waals surface area contributed by atoms with Gasteiger partial charge in [0.15, 0.2) is 0 Å². The molecule has 0 fully saturated rings. The van der Waals surface area contributed by atoms with Crippen molar-refractivity contribution in [2.45, 2.75) is 6.10 Å². The van der Waals surface area contributed by atoms with Crippen LogP contribution in [0.15, 0.2) is 12.3 Å². The van der Waals surface area contributed by atoms with Gasteiger partial charge in [0, 0.05) is 27.0 Å². The smallest absolute Gasteiger partial charge is 0.252 e. The number of nitrogens with zero attached hydrogens (tertiary/aromatic N) is 1. The van der Waals surface area contributed by atoms with Crippen molar-refractivity contribution in [3.05, 3.63) is 28.0 Å². The number of carbonyl (C=O) groups is 1. The first-order chi connectivity index (χ1) is 8.58. The maximum atomic E-state index is 11.8. The lowest BCUT2D eigenvalue weighted by Crippen LogP contribution is -2.35. The van der Waals surface area contributed by atoms with Crippen LogP contribution in [0.2, 0.25) is 10.2 Å². The highest BCUT2D eigenvalue weighted by molar-refractivity contribution is 6.41. The van der Waals surface area contributed by atoms with E-state index in [-0.39, 0.29) is 22.2 Å². The van der Waals surface area contributed by atoms with E-state index in [0.29, 0.717) is 18.7 Å². The minimum absolute atomic E-state index is 0.169. The Bertz CT molecular complexity index is 415. The number of methoxy groups -OCH3 is 2. The molecule has 18 heavy (non-hydrogen) atoms. The second kappa shape index (κ2) is 7.53. The van der Waals surface area contributed by atoms with Gasteiger partial charge in [0.05, 0.1) is 23.3 Å². The van der Waals surface area contributed by atoms with E-state index in [0.717, 1.165) is 0 Å². The van der Waals surface area contributed by atoms with E-state index in [1.54, 1.807) is 14.2 Å². The van der Waals surface area contributed by atoms with E-state index in [2.05, 4.69) is 10.3 Å².